The van der Waals surface area contributed by atoms with Gasteiger partial charge in [-0.3, -0.25) is 4.79 Å². The van der Waals surface area contributed by atoms with Crippen LogP contribution in [0.5, 0.6) is 0 Å². The average Bonchev–Trinajstić information content (AvgIpc) is 3.39. The van der Waals surface area contributed by atoms with Gasteiger partial charge in [-0.15, -0.1) is 22.7 Å². The minimum Gasteiger partial charge on any atom is -0.297 e. The van der Waals surface area contributed by atoms with E-state index in [0.717, 1.165) is 16.0 Å². The Labute approximate surface area is 176 Å². The maximum absolute atomic E-state index is 10.9. The van der Waals surface area contributed by atoms with Crippen molar-refractivity contribution < 1.29 is 4.79 Å². The number of hydrogen-bond acceptors (Lipinski definition) is 3. The lowest BCUT2D eigenvalue weighted by Crippen LogP contribution is -1.86. The quantitative estimate of drug-likeness (QED) is 0.230. The van der Waals surface area contributed by atoms with Gasteiger partial charge in [-0.25, -0.2) is 0 Å². The summed E-state index contributed by atoms with van der Waals surface area (Å²) < 4.78 is 0. The Morgan fingerprint density at radius 3 is 2.04 bits per heavy atom. The Morgan fingerprint density at radius 1 is 0.714 bits per heavy atom. The molecule has 28 heavy (non-hydrogen) atoms. The molecule has 1 nitrogen and oxygen atoms in total. The number of aldehydes is 1. The van der Waals surface area contributed by atoms with Crippen LogP contribution in [-0.2, 0) is 6.42 Å². The summed E-state index contributed by atoms with van der Waals surface area (Å²) in [4.78, 5) is 15.2. The first-order valence-corrected chi connectivity index (χ1v) is 11.8. The fourth-order valence-electron chi connectivity index (χ4n) is 3.21. The van der Waals surface area contributed by atoms with Gasteiger partial charge in [0.25, 0.3) is 0 Å². The number of rotatable bonds is 11. The standard InChI is InChI=1S/C25H28OS2/c1-2-3-4-5-6-7-8-20-9-11-21(12-10-20)13-14-22-15-17-24(27-22)25-18-16-23(19-26)28-25/h9-19H,2-8H2,1H3. The maximum atomic E-state index is 10.9. The molecule has 0 aliphatic carbocycles. The number of benzene rings is 1. The van der Waals surface area contributed by atoms with Gasteiger partial charge in [0.1, 0.15) is 0 Å². The van der Waals surface area contributed by atoms with Crippen LogP contribution in [0, 0.1) is 0 Å². The van der Waals surface area contributed by atoms with E-state index in [-0.39, 0.29) is 0 Å². The van der Waals surface area contributed by atoms with Crippen LogP contribution in [0.25, 0.3) is 21.9 Å². The van der Waals surface area contributed by atoms with Crippen molar-refractivity contribution in [1.82, 2.24) is 0 Å². The lowest BCUT2D eigenvalue weighted by Gasteiger charge is -2.03. The SMILES string of the molecule is CCCCCCCCc1ccc(C=Cc2ccc(-c3ccc(C=O)s3)s2)cc1. The molecule has 1 aromatic carbocycles. The predicted octanol–water partition coefficient (Wildman–Crippen LogP) is 8.36. The number of aryl methyl sites for hydroxylation is 1. The van der Waals surface area contributed by atoms with Gasteiger partial charge < -0.3 is 0 Å². The summed E-state index contributed by atoms with van der Waals surface area (Å²) in [6, 6.07) is 17.1. The molecule has 0 fully saturated rings. The van der Waals surface area contributed by atoms with Crippen molar-refractivity contribution in [2.45, 2.75) is 51.9 Å². The van der Waals surface area contributed by atoms with Gasteiger partial charge in [0.05, 0.1) is 4.88 Å². The van der Waals surface area contributed by atoms with Crippen LogP contribution in [0.3, 0.4) is 0 Å². The molecule has 0 atom stereocenters. The third kappa shape index (κ3) is 6.29. The van der Waals surface area contributed by atoms with E-state index in [4.69, 9.17) is 0 Å². The van der Waals surface area contributed by atoms with Gasteiger partial charge in [0.15, 0.2) is 6.29 Å². The van der Waals surface area contributed by atoms with Crippen molar-refractivity contribution in [2.24, 2.45) is 0 Å². The maximum Gasteiger partial charge on any atom is 0.160 e. The van der Waals surface area contributed by atoms with Gasteiger partial charge in [0.2, 0.25) is 0 Å². The second kappa shape index (κ2) is 11.1. The van der Waals surface area contributed by atoms with Crippen molar-refractivity contribution in [3.05, 3.63) is 69.4 Å². The van der Waals surface area contributed by atoms with Gasteiger partial charge in [-0.1, -0.05) is 69.4 Å². The lowest BCUT2D eigenvalue weighted by atomic mass is 10.0. The molecule has 0 saturated heterocycles. The van der Waals surface area contributed by atoms with Gasteiger partial charge in [-0.05, 0) is 54.3 Å². The zero-order valence-corrected chi connectivity index (χ0v) is 18.2. The van der Waals surface area contributed by atoms with Crippen molar-refractivity contribution in [1.29, 1.82) is 0 Å². The summed E-state index contributed by atoms with van der Waals surface area (Å²) in [6.07, 6.45) is 14.5. The summed E-state index contributed by atoms with van der Waals surface area (Å²) in [6.45, 7) is 2.27. The highest BCUT2D eigenvalue weighted by Gasteiger charge is 2.05. The third-order valence-corrected chi connectivity index (χ3v) is 7.11. The van der Waals surface area contributed by atoms with Crippen LogP contribution < -0.4 is 0 Å². The van der Waals surface area contributed by atoms with E-state index < -0.39 is 0 Å². The zero-order chi connectivity index (χ0) is 19.6. The van der Waals surface area contributed by atoms with Crippen LogP contribution in [0.15, 0.2) is 48.5 Å². The number of carbonyl (C=O) groups is 1. The second-order valence-corrected chi connectivity index (χ2v) is 9.35. The van der Waals surface area contributed by atoms with Crippen molar-refractivity contribution in [3.63, 3.8) is 0 Å². The van der Waals surface area contributed by atoms with Crippen molar-refractivity contribution >= 4 is 41.1 Å². The minimum atomic E-state index is 0.779. The molecule has 2 heterocycles. The molecule has 3 rings (SSSR count). The topological polar surface area (TPSA) is 17.1 Å². The van der Waals surface area contributed by atoms with Crippen LogP contribution >= 0.6 is 22.7 Å². The summed E-state index contributed by atoms with van der Waals surface area (Å²) in [5.41, 5.74) is 2.68. The Hall–Kier alpha value is -1.97. The van der Waals surface area contributed by atoms with Gasteiger partial charge in [0, 0.05) is 14.6 Å². The number of unbranched alkanes of at least 4 members (excludes halogenated alkanes) is 5. The van der Waals surface area contributed by atoms with Gasteiger partial charge in [-0.2, -0.15) is 0 Å². The normalized spacial score (nSPS) is 11.3. The Kier molecular flexibility index (Phi) is 8.25. The van der Waals surface area contributed by atoms with Crippen LogP contribution in [-0.4, -0.2) is 6.29 Å². The molecule has 0 bridgehead atoms. The molecule has 3 aromatic rings. The molecule has 0 unspecified atom stereocenters. The molecular weight excluding hydrogens is 380 g/mol. The van der Waals surface area contributed by atoms with E-state index in [9.17, 15) is 4.79 Å². The first-order valence-electron chi connectivity index (χ1n) is 10.2. The Balaban J connectivity index is 1.50. The van der Waals surface area contributed by atoms with Crippen LogP contribution in [0.2, 0.25) is 0 Å². The highest BCUT2D eigenvalue weighted by molar-refractivity contribution is 7.23. The third-order valence-electron chi connectivity index (χ3n) is 4.85. The molecule has 0 aliphatic heterocycles. The summed E-state index contributed by atoms with van der Waals surface area (Å²) in [7, 11) is 0. The molecule has 0 radical (unpaired) electrons. The molecule has 0 amide bonds. The van der Waals surface area contributed by atoms with E-state index in [1.54, 1.807) is 22.7 Å². The van der Waals surface area contributed by atoms with E-state index in [1.165, 1.54) is 65.8 Å². The molecule has 2 aromatic heterocycles. The average molecular weight is 409 g/mol. The molecule has 146 valence electrons. The van der Waals surface area contributed by atoms with E-state index >= 15 is 0 Å². The molecular formula is C25H28OS2. The fourth-order valence-corrected chi connectivity index (χ4v) is 5.03. The molecule has 0 N–H and O–H groups in total. The van der Waals surface area contributed by atoms with Crippen LogP contribution in [0.1, 0.15) is 71.1 Å². The van der Waals surface area contributed by atoms with Crippen LogP contribution in [0.4, 0.5) is 0 Å². The molecule has 3 heteroatoms. The summed E-state index contributed by atoms with van der Waals surface area (Å²) >= 11 is 3.30. The highest BCUT2D eigenvalue weighted by Crippen LogP contribution is 2.33. The summed E-state index contributed by atoms with van der Waals surface area (Å²) in [5, 5.41) is 0. The van der Waals surface area contributed by atoms with E-state index in [1.807, 2.05) is 12.1 Å². The first kappa shape index (κ1) is 20.8. The van der Waals surface area contributed by atoms with E-state index in [2.05, 4.69) is 55.5 Å². The number of hydrogen-bond donors (Lipinski definition) is 0. The fraction of sp³-hybridized carbons (Fsp3) is 0.320. The Bertz CT molecular complexity index is 883. The number of carbonyl (C=O) groups excluding carboxylic acids is 1. The predicted molar refractivity (Wildman–Crippen MR) is 125 cm³/mol. The minimum absolute atomic E-state index is 0.779. The monoisotopic (exact) mass is 408 g/mol. The van der Waals surface area contributed by atoms with E-state index in [0.29, 0.717) is 0 Å². The van der Waals surface area contributed by atoms with Gasteiger partial charge >= 0.3 is 0 Å². The zero-order valence-electron chi connectivity index (χ0n) is 16.5. The smallest absolute Gasteiger partial charge is 0.160 e. The lowest BCUT2D eigenvalue weighted by molar-refractivity contribution is 0.112. The summed E-state index contributed by atoms with van der Waals surface area (Å²) in [5.74, 6) is 0. The second-order valence-electron chi connectivity index (χ2n) is 7.11. The van der Waals surface area contributed by atoms with Crippen molar-refractivity contribution in [3.8, 4) is 9.75 Å². The first-order chi connectivity index (χ1) is 13.8. The largest absolute Gasteiger partial charge is 0.297 e. The molecule has 0 saturated carbocycles. The van der Waals surface area contributed by atoms with Crippen molar-refractivity contribution in [2.75, 3.05) is 0 Å². The highest BCUT2D eigenvalue weighted by atomic mass is 32.1. The number of thiophene rings is 2. The Morgan fingerprint density at radius 2 is 1.36 bits per heavy atom. The molecule has 0 aliphatic rings. The molecule has 0 spiro atoms.